The summed E-state index contributed by atoms with van der Waals surface area (Å²) in [6.45, 7) is 2.17. The van der Waals surface area contributed by atoms with E-state index in [1.54, 1.807) is 0 Å². The van der Waals surface area contributed by atoms with Crippen molar-refractivity contribution in [3.05, 3.63) is 47.5 Å². The minimum atomic E-state index is -0.398. The van der Waals surface area contributed by atoms with E-state index >= 15 is 0 Å². The second kappa shape index (κ2) is 13.4. The first-order valence-electron chi connectivity index (χ1n) is 11.3. The van der Waals surface area contributed by atoms with Gasteiger partial charge < -0.3 is 9.84 Å². The molecule has 0 bridgehead atoms. The lowest BCUT2D eigenvalue weighted by Gasteiger charge is -2.23. The van der Waals surface area contributed by atoms with Crippen molar-refractivity contribution in [2.75, 3.05) is 7.11 Å². The molecule has 168 valence electrons. The van der Waals surface area contributed by atoms with Crippen LogP contribution in [0.15, 0.2) is 36.4 Å². The molecular weight excluding hydrogens is 419 g/mol. The van der Waals surface area contributed by atoms with Crippen molar-refractivity contribution >= 4 is 29.2 Å². The first-order valence-corrected chi connectivity index (χ1v) is 12.1. The monoisotopic (exact) mass is 454 g/mol. The number of hydrogen-bond donors (Lipinski definition) is 1. The number of benzene rings is 1. The Kier molecular flexibility index (Phi) is 11.3. The number of esters is 1. The van der Waals surface area contributed by atoms with Gasteiger partial charge in [-0.1, -0.05) is 62.6 Å². The second-order valence-corrected chi connectivity index (χ2v) is 9.43. The lowest BCUT2D eigenvalue weighted by atomic mass is 9.85. The zero-order valence-electron chi connectivity index (χ0n) is 18.2. The Labute approximate surface area is 191 Å². The van der Waals surface area contributed by atoms with Crippen LogP contribution in [0.3, 0.4) is 0 Å². The number of hydrogen-bond acceptors (Lipinski definition) is 3. The zero-order chi connectivity index (χ0) is 21.9. The lowest BCUT2D eigenvalue weighted by Crippen LogP contribution is -2.16. The fraction of sp³-hybridized carbons (Fsp3) is 0.640. The number of allylic oxidation sites excluding steroid dienone is 2. The van der Waals surface area contributed by atoms with Gasteiger partial charge in [-0.05, 0) is 49.1 Å². The van der Waals surface area contributed by atoms with Crippen LogP contribution in [-0.4, -0.2) is 28.9 Å². The number of ether oxygens (including phenoxy) is 1. The third-order valence-corrected chi connectivity index (χ3v) is 7.06. The van der Waals surface area contributed by atoms with Crippen LogP contribution in [0.5, 0.6) is 0 Å². The van der Waals surface area contributed by atoms with E-state index in [1.165, 1.54) is 12.7 Å². The Morgan fingerprint density at radius 3 is 2.57 bits per heavy atom. The molecule has 1 fully saturated rings. The quantitative estimate of drug-likeness (QED) is 0.161. The summed E-state index contributed by atoms with van der Waals surface area (Å²) >= 11 is 13.3. The first kappa shape index (κ1) is 25.2. The number of aliphatic hydroxyl groups is 1. The van der Waals surface area contributed by atoms with E-state index in [0.29, 0.717) is 6.42 Å². The molecule has 1 N–H and O–H groups in total. The molecule has 30 heavy (non-hydrogen) atoms. The van der Waals surface area contributed by atoms with Crippen molar-refractivity contribution < 1.29 is 14.6 Å². The van der Waals surface area contributed by atoms with Gasteiger partial charge in [0, 0.05) is 23.1 Å². The maximum atomic E-state index is 11.2. The Bertz CT molecular complexity index is 659. The van der Waals surface area contributed by atoms with E-state index in [1.807, 2.05) is 12.1 Å². The maximum Gasteiger partial charge on any atom is 0.305 e. The number of carbonyl (C=O) groups is 1. The van der Waals surface area contributed by atoms with Gasteiger partial charge in [-0.2, -0.15) is 0 Å². The molecule has 1 aromatic carbocycles. The average molecular weight is 455 g/mol. The predicted molar refractivity (Wildman–Crippen MR) is 125 cm³/mol. The summed E-state index contributed by atoms with van der Waals surface area (Å²) in [5, 5.41) is 10.5. The van der Waals surface area contributed by atoms with Crippen LogP contribution < -0.4 is 0 Å². The molecule has 5 atom stereocenters. The minimum Gasteiger partial charge on any atom is -0.469 e. The summed E-state index contributed by atoms with van der Waals surface area (Å²) in [5.74, 6) is 0.329. The van der Waals surface area contributed by atoms with Crippen molar-refractivity contribution in [3.8, 4) is 0 Å². The number of rotatable bonds is 12. The molecule has 0 radical (unpaired) electrons. The summed E-state index contributed by atoms with van der Waals surface area (Å²) in [7, 11) is 1.42. The van der Waals surface area contributed by atoms with Gasteiger partial charge in [-0.25, -0.2) is 0 Å². The van der Waals surface area contributed by atoms with Crippen molar-refractivity contribution in [3.63, 3.8) is 0 Å². The summed E-state index contributed by atoms with van der Waals surface area (Å²) in [6.07, 6.45) is 11.8. The highest BCUT2D eigenvalue weighted by atomic mass is 35.5. The van der Waals surface area contributed by atoms with Gasteiger partial charge in [0.1, 0.15) is 0 Å². The highest BCUT2D eigenvalue weighted by Crippen LogP contribution is 2.47. The molecule has 1 aliphatic carbocycles. The van der Waals surface area contributed by atoms with E-state index in [0.717, 1.165) is 56.9 Å². The maximum absolute atomic E-state index is 11.2. The largest absolute Gasteiger partial charge is 0.469 e. The van der Waals surface area contributed by atoms with E-state index in [4.69, 9.17) is 23.2 Å². The van der Waals surface area contributed by atoms with E-state index < -0.39 is 6.10 Å². The Morgan fingerprint density at radius 1 is 1.17 bits per heavy atom. The van der Waals surface area contributed by atoms with Crippen LogP contribution in [0.25, 0.3) is 0 Å². The summed E-state index contributed by atoms with van der Waals surface area (Å²) in [6, 6.07) is 8.30. The fourth-order valence-electron chi connectivity index (χ4n) is 4.31. The van der Waals surface area contributed by atoms with Gasteiger partial charge in [0.25, 0.3) is 0 Å². The number of methoxy groups -OCH3 is 1. The van der Waals surface area contributed by atoms with Crippen LogP contribution in [0.4, 0.5) is 0 Å². The molecule has 0 saturated heterocycles. The number of halogens is 2. The van der Waals surface area contributed by atoms with Crippen molar-refractivity contribution in [2.45, 2.75) is 87.5 Å². The second-order valence-electron chi connectivity index (χ2n) is 8.31. The van der Waals surface area contributed by atoms with Gasteiger partial charge in [-0.3, -0.25) is 4.79 Å². The third kappa shape index (κ3) is 7.59. The molecule has 1 unspecified atom stereocenters. The molecule has 0 heterocycles. The zero-order valence-corrected chi connectivity index (χ0v) is 19.7. The van der Waals surface area contributed by atoms with Gasteiger partial charge >= 0.3 is 5.97 Å². The van der Waals surface area contributed by atoms with E-state index in [2.05, 4.69) is 35.9 Å². The molecule has 1 saturated carbocycles. The SMILES string of the molecule is CCCCCC(O)c1ccc([C@@H]2[C@@H](C/C=C\CCCC(=O)OC)[C@H](Cl)C[C@H]2Cl)cc1. The molecule has 2 rings (SSSR count). The Hall–Kier alpha value is -1.03. The minimum absolute atomic E-state index is 0.0190. The molecule has 0 spiro atoms. The number of alkyl halides is 2. The van der Waals surface area contributed by atoms with Crippen molar-refractivity contribution in [1.82, 2.24) is 0 Å². The standard InChI is InChI=1S/C25H36Cl2O3/c1-3-4-7-11-23(28)18-13-15-19(16-14-18)25-20(21(26)17-22(25)27)10-8-5-6-9-12-24(29)30-2/h5,8,13-16,20-23,25,28H,3-4,6-7,9-12,17H2,1-2H3/b8-5-/t20-,21+,22+,23?,25+/m0/s1. The number of aliphatic hydroxyl groups excluding tert-OH is 1. The molecule has 1 aromatic rings. The van der Waals surface area contributed by atoms with E-state index in [-0.39, 0.29) is 28.6 Å². The molecule has 3 nitrogen and oxygen atoms in total. The van der Waals surface area contributed by atoms with Crippen LogP contribution in [0.1, 0.15) is 87.9 Å². The third-order valence-electron chi connectivity index (χ3n) is 6.11. The van der Waals surface area contributed by atoms with Crippen LogP contribution >= 0.6 is 23.2 Å². The highest BCUT2D eigenvalue weighted by Gasteiger charge is 2.41. The number of carbonyl (C=O) groups excluding carboxylic acids is 1. The van der Waals surface area contributed by atoms with Crippen LogP contribution in [0, 0.1) is 5.92 Å². The normalized spacial score (nSPS) is 25.0. The average Bonchev–Trinajstić information content (AvgIpc) is 3.03. The van der Waals surface area contributed by atoms with Gasteiger partial charge in [-0.15, -0.1) is 23.2 Å². The van der Waals surface area contributed by atoms with Gasteiger partial charge in [0.05, 0.1) is 13.2 Å². The van der Waals surface area contributed by atoms with E-state index in [9.17, 15) is 9.90 Å². The smallest absolute Gasteiger partial charge is 0.305 e. The van der Waals surface area contributed by atoms with Crippen molar-refractivity contribution in [2.24, 2.45) is 5.92 Å². The first-order chi connectivity index (χ1) is 14.5. The Morgan fingerprint density at radius 2 is 1.90 bits per heavy atom. The lowest BCUT2D eigenvalue weighted by molar-refractivity contribution is -0.140. The van der Waals surface area contributed by atoms with Crippen molar-refractivity contribution in [1.29, 1.82) is 0 Å². The van der Waals surface area contributed by atoms with Crippen LogP contribution in [0.2, 0.25) is 0 Å². The fourth-order valence-corrected chi connectivity index (χ4v) is 5.38. The summed E-state index contributed by atoms with van der Waals surface area (Å²) in [5.41, 5.74) is 2.18. The molecule has 1 aliphatic rings. The highest BCUT2D eigenvalue weighted by molar-refractivity contribution is 6.25. The Balaban J connectivity index is 1.94. The van der Waals surface area contributed by atoms with Crippen LogP contribution in [-0.2, 0) is 9.53 Å². The molecule has 5 heteroatoms. The molecule has 0 amide bonds. The molecule has 0 aromatic heterocycles. The number of unbranched alkanes of at least 4 members (excludes halogenated alkanes) is 3. The summed E-state index contributed by atoms with van der Waals surface area (Å²) < 4.78 is 4.66. The van der Waals surface area contributed by atoms with Gasteiger partial charge in [0.15, 0.2) is 0 Å². The topological polar surface area (TPSA) is 46.5 Å². The summed E-state index contributed by atoms with van der Waals surface area (Å²) in [4.78, 5) is 11.2. The predicted octanol–water partition coefficient (Wildman–Crippen LogP) is 6.91. The molecule has 0 aliphatic heterocycles. The molecular formula is C25H36Cl2O3. The van der Waals surface area contributed by atoms with Gasteiger partial charge in [0.2, 0.25) is 0 Å².